The molecule has 2 rings (SSSR count). The number of nitrogens with one attached hydrogen (secondary N) is 1. The molecule has 19 heavy (non-hydrogen) atoms. The summed E-state index contributed by atoms with van der Waals surface area (Å²) in [6.07, 6.45) is 2.28. The summed E-state index contributed by atoms with van der Waals surface area (Å²) in [5.41, 5.74) is 1.90. The number of phenols is 1. The van der Waals surface area contributed by atoms with E-state index in [2.05, 4.69) is 26.1 Å². The number of ether oxygens (including phenoxy) is 1. The van der Waals surface area contributed by atoms with Crippen molar-refractivity contribution in [2.75, 3.05) is 20.2 Å². The van der Waals surface area contributed by atoms with Gasteiger partial charge in [0.25, 0.3) is 0 Å². The lowest BCUT2D eigenvalue weighted by Crippen LogP contribution is -2.28. The van der Waals surface area contributed by atoms with Gasteiger partial charge in [0, 0.05) is 23.6 Å². The van der Waals surface area contributed by atoms with Crippen molar-refractivity contribution in [3.8, 4) is 11.5 Å². The Morgan fingerprint density at radius 2 is 2.05 bits per heavy atom. The van der Waals surface area contributed by atoms with E-state index < -0.39 is 0 Å². The van der Waals surface area contributed by atoms with Crippen LogP contribution in [-0.2, 0) is 5.41 Å². The molecule has 0 aromatic heterocycles. The van der Waals surface area contributed by atoms with Gasteiger partial charge in [0.2, 0.25) is 0 Å². The Hall–Kier alpha value is -1.22. The molecule has 3 nitrogen and oxygen atoms in total. The zero-order chi connectivity index (χ0) is 14.0. The molecule has 1 unspecified atom stereocenters. The summed E-state index contributed by atoms with van der Waals surface area (Å²) < 4.78 is 5.40. The Morgan fingerprint density at radius 3 is 2.58 bits per heavy atom. The quantitative estimate of drug-likeness (QED) is 0.861. The highest BCUT2D eigenvalue weighted by Gasteiger charge is 2.26. The van der Waals surface area contributed by atoms with Crippen LogP contribution >= 0.6 is 0 Å². The molecule has 1 aliphatic heterocycles. The SMILES string of the molecule is COc1cc(C2CCCNC2)c(O)c(C(C)(C)C)c1. The molecule has 0 spiro atoms. The maximum absolute atomic E-state index is 10.6. The fourth-order valence-electron chi connectivity index (χ4n) is 2.75. The Kier molecular flexibility index (Phi) is 4.04. The second-order valence-corrected chi connectivity index (χ2v) is 6.41. The monoisotopic (exact) mass is 263 g/mol. The minimum absolute atomic E-state index is 0.0878. The van der Waals surface area contributed by atoms with E-state index in [1.54, 1.807) is 7.11 Å². The molecule has 0 saturated carbocycles. The Morgan fingerprint density at radius 1 is 1.32 bits per heavy atom. The summed E-state index contributed by atoms with van der Waals surface area (Å²) in [4.78, 5) is 0. The highest BCUT2D eigenvalue weighted by molar-refractivity contribution is 5.51. The number of rotatable bonds is 2. The lowest BCUT2D eigenvalue weighted by molar-refractivity contribution is 0.391. The van der Waals surface area contributed by atoms with Crippen molar-refractivity contribution in [2.45, 2.75) is 44.9 Å². The van der Waals surface area contributed by atoms with Crippen LogP contribution in [0, 0.1) is 0 Å². The van der Waals surface area contributed by atoms with Gasteiger partial charge >= 0.3 is 0 Å². The third-order valence-corrected chi connectivity index (χ3v) is 3.89. The van der Waals surface area contributed by atoms with Gasteiger partial charge in [0.05, 0.1) is 7.11 Å². The van der Waals surface area contributed by atoms with Crippen LogP contribution < -0.4 is 10.1 Å². The van der Waals surface area contributed by atoms with Crippen LogP contribution in [0.3, 0.4) is 0 Å². The van der Waals surface area contributed by atoms with Gasteiger partial charge in [-0.25, -0.2) is 0 Å². The Labute approximate surface area is 116 Å². The van der Waals surface area contributed by atoms with Crippen LogP contribution in [0.2, 0.25) is 0 Å². The molecule has 106 valence electrons. The minimum atomic E-state index is -0.0878. The fraction of sp³-hybridized carbons (Fsp3) is 0.625. The number of hydrogen-bond acceptors (Lipinski definition) is 3. The van der Waals surface area contributed by atoms with E-state index in [9.17, 15) is 5.11 Å². The molecular formula is C16H25NO2. The van der Waals surface area contributed by atoms with Gasteiger partial charge in [0.1, 0.15) is 11.5 Å². The summed E-state index contributed by atoms with van der Waals surface area (Å²) >= 11 is 0. The van der Waals surface area contributed by atoms with E-state index in [0.29, 0.717) is 11.7 Å². The zero-order valence-corrected chi connectivity index (χ0v) is 12.4. The number of hydrogen-bond donors (Lipinski definition) is 2. The highest BCUT2D eigenvalue weighted by atomic mass is 16.5. The standard InChI is InChI=1S/C16H25NO2/c1-16(2,3)14-9-12(19-4)8-13(15(14)18)11-6-5-7-17-10-11/h8-9,11,17-18H,5-7,10H2,1-4H3. The van der Waals surface area contributed by atoms with E-state index in [4.69, 9.17) is 4.74 Å². The lowest BCUT2D eigenvalue weighted by atomic mass is 9.81. The van der Waals surface area contributed by atoms with Crippen LogP contribution in [0.25, 0.3) is 0 Å². The minimum Gasteiger partial charge on any atom is -0.507 e. The van der Waals surface area contributed by atoms with Gasteiger partial charge < -0.3 is 15.2 Å². The van der Waals surface area contributed by atoms with Crippen LogP contribution in [-0.4, -0.2) is 25.3 Å². The second kappa shape index (κ2) is 5.41. The lowest BCUT2D eigenvalue weighted by Gasteiger charge is -2.28. The Balaban J connectivity index is 2.47. The predicted molar refractivity (Wildman–Crippen MR) is 78.2 cm³/mol. The molecule has 0 radical (unpaired) electrons. The Bertz CT molecular complexity index is 443. The molecule has 1 atom stereocenters. The van der Waals surface area contributed by atoms with Gasteiger partial charge in [0.15, 0.2) is 0 Å². The van der Waals surface area contributed by atoms with Gasteiger partial charge in [-0.2, -0.15) is 0 Å². The summed E-state index contributed by atoms with van der Waals surface area (Å²) in [5.74, 6) is 1.66. The highest BCUT2D eigenvalue weighted by Crippen LogP contribution is 2.41. The van der Waals surface area contributed by atoms with Crippen molar-refractivity contribution in [2.24, 2.45) is 0 Å². The maximum Gasteiger partial charge on any atom is 0.123 e. The van der Waals surface area contributed by atoms with Gasteiger partial charge in [-0.15, -0.1) is 0 Å². The molecule has 1 aliphatic rings. The summed E-state index contributed by atoms with van der Waals surface area (Å²) in [7, 11) is 1.68. The first-order valence-corrected chi connectivity index (χ1v) is 7.05. The fourth-order valence-corrected chi connectivity index (χ4v) is 2.75. The topological polar surface area (TPSA) is 41.5 Å². The van der Waals surface area contributed by atoms with Crippen molar-refractivity contribution >= 4 is 0 Å². The van der Waals surface area contributed by atoms with Crippen LogP contribution in [0.5, 0.6) is 11.5 Å². The number of phenolic OH excluding ortho intramolecular Hbond substituents is 1. The summed E-state index contributed by atoms with van der Waals surface area (Å²) in [5, 5.41) is 14.0. The normalized spacial score (nSPS) is 20.3. The largest absolute Gasteiger partial charge is 0.507 e. The van der Waals surface area contributed by atoms with Gasteiger partial charge in [-0.3, -0.25) is 0 Å². The molecule has 0 amide bonds. The third kappa shape index (κ3) is 3.03. The molecule has 1 aromatic rings. The van der Waals surface area contributed by atoms with Crippen LogP contribution in [0.15, 0.2) is 12.1 Å². The first kappa shape index (κ1) is 14.2. The number of methoxy groups -OCH3 is 1. The zero-order valence-electron chi connectivity index (χ0n) is 12.4. The molecule has 3 heteroatoms. The van der Waals surface area contributed by atoms with Crippen molar-refractivity contribution in [1.29, 1.82) is 0 Å². The maximum atomic E-state index is 10.6. The van der Waals surface area contributed by atoms with Crippen molar-refractivity contribution < 1.29 is 9.84 Å². The van der Waals surface area contributed by atoms with Crippen LogP contribution in [0.4, 0.5) is 0 Å². The smallest absolute Gasteiger partial charge is 0.123 e. The molecule has 2 N–H and O–H groups in total. The van der Waals surface area contributed by atoms with Crippen molar-refractivity contribution in [3.63, 3.8) is 0 Å². The predicted octanol–water partition coefficient (Wildman–Crippen LogP) is 3.17. The summed E-state index contributed by atoms with van der Waals surface area (Å²) in [6, 6.07) is 3.94. The van der Waals surface area contributed by atoms with E-state index >= 15 is 0 Å². The van der Waals surface area contributed by atoms with E-state index in [-0.39, 0.29) is 5.41 Å². The van der Waals surface area contributed by atoms with Gasteiger partial charge in [-0.05, 0) is 36.9 Å². The molecule has 1 aromatic carbocycles. The van der Waals surface area contributed by atoms with E-state index in [1.165, 1.54) is 0 Å². The third-order valence-electron chi connectivity index (χ3n) is 3.89. The number of piperidine rings is 1. The van der Waals surface area contributed by atoms with Crippen LogP contribution in [0.1, 0.15) is 50.7 Å². The number of aromatic hydroxyl groups is 1. The van der Waals surface area contributed by atoms with E-state index in [0.717, 1.165) is 42.8 Å². The van der Waals surface area contributed by atoms with E-state index in [1.807, 2.05) is 12.1 Å². The molecule has 0 aliphatic carbocycles. The molecule has 1 fully saturated rings. The molecule has 1 heterocycles. The van der Waals surface area contributed by atoms with Crippen molar-refractivity contribution in [3.05, 3.63) is 23.3 Å². The first-order valence-electron chi connectivity index (χ1n) is 7.05. The molecular weight excluding hydrogens is 238 g/mol. The van der Waals surface area contributed by atoms with Crippen molar-refractivity contribution in [1.82, 2.24) is 5.32 Å². The summed E-state index contributed by atoms with van der Waals surface area (Å²) in [6.45, 7) is 8.36. The molecule has 1 saturated heterocycles. The average Bonchev–Trinajstić information content (AvgIpc) is 2.38. The number of benzene rings is 1. The second-order valence-electron chi connectivity index (χ2n) is 6.41. The van der Waals surface area contributed by atoms with Gasteiger partial charge in [-0.1, -0.05) is 20.8 Å². The first-order chi connectivity index (χ1) is 8.93. The average molecular weight is 263 g/mol. The molecule has 0 bridgehead atoms.